The van der Waals surface area contributed by atoms with Crippen molar-refractivity contribution in [1.82, 2.24) is 0 Å². The normalized spacial score (nSPS) is 10.4. The van der Waals surface area contributed by atoms with Crippen LogP contribution in [-0.2, 0) is 11.2 Å². The first kappa shape index (κ1) is 15.3. The molecule has 2 heteroatoms. The van der Waals surface area contributed by atoms with E-state index in [1.165, 1.54) is 11.1 Å². The number of rotatable bonds is 6. The lowest BCUT2D eigenvalue weighted by Crippen LogP contribution is -2.09. The van der Waals surface area contributed by atoms with E-state index >= 15 is 0 Å². The number of hydrogen-bond acceptors (Lipinski definition) is 2. The minimum Gasteiger partial charge on any atom is -0.493 e. The zero-order valence-electron chi connectivity index (χ0n) is 13.0. The topological polar surface area (TPSA) is 26.3 Å². The van der Waals surface area contributed by atoms with E-state index in [1.807, 2.05) is 31.2 Å². The van der Waals surface area contributed by atoms with E-state index in [2.05, 4.69) is 32.0 Å². The predicted octanol–water partition coefficient (Wildman–Crippen LogP) is 4.19. The smallest absolute Gasteiger partial charge is 0.140 e. The molecule has 0 spiro atoms. The fourth-order valence-corrected chi connectivity index (χ4v) is 2.47. The average Bonchev–Trinajstić information content (AvgIpc) is 2.37. The van der Waals surface area contributed by atoms with E-state index < -0.39 is 0 Å². The number of aryl methyl sites for hydroxylation is 3. The molecule has 0 aliphatic rings. The summed E-state index contributed by atoms with van der Waals surface area (Å²) in [5.74, 6) is 1.04. The lowest BCUT2D eigenvalue weighted by Gasteiger charge is -2.07. The van der Waals surface area contributed by atoms with Crippen molar-refractivity contribution in [2.24, 2.45) is 0 Å². The van der Waals surface area contributed by atoms with Crippen molar-refractivity contribution in [3.63, 3.8) is 0 Å². The zero-order valence-corrected chi connectivity index (χ0v) is 13.0. The molecule has 2 rings (SSSR count). The summed E-state index contributed by atoms with van der Waals surface area (Å²) in [6.45, 7) is 6.58. The largest absolute Gasteiger partial charge is 0.493 e. The SMILES string of the molecule is Cc1cc(C)cc(CC(=O)CCOc2cccc(C)c2)c1. The maximum atomic E-state index is 12.0. The molecule has 2 nitrogen and oxygen atoms in total. The second-order valence-corrected chi connectivity index (χ2v) is 5.63. The Morgan fingerprint density at radius 2 is 1.67 bits per heavy atom. The van der Waals surface area contributed by atoms with Gasteiger partial charge in [0.1, 0.15) is 11.5 Å². The van der Waals surface area contributed by atoms with E-state index in [-0.39, 0.29) is 5.78 Å². The molecular formula is C19H22O2. The first-order chi connectivity index (χ1) is 10.0. The summed E-state index contributed by atoms with van der Waals surface area (Å²) in [6.07, 6.45) is 0.931. The van der Waals surface area contributed by atoms with Crippen LogP contribution in [-0.4, -0.2) is 12.4 Å². The Kier molecular flexibility index (Phi) is 5.15. The number of benzene rings is 2. The molecule has 0 unspecified atom stereocenters. The quantitative estimate of drug-likeness (QED) is 0.794. The first-order valence-corrected chi connectivity index (χ1v) is 7.31. The molecule has 2 aromatic rings. The summed E-state index contributed by atoms with van der Waals surface area (Å²) in [4.78, 5) is 12.0. The molecule has 0 N–H and O–H groups in total. The van der Waals surface area contributed by atoms with E-state index in [4.69, 9.17) is 4.74 Å². The van der Waals surface area contributed by atoms with Crippen LogP contribution in [0.15, 0.2) is 42.5 Å². The Morgan fingerprint density at radius 1 is 0.952 bits per heavy atom. The molecule has 0 aliphatic heterocycles. The van der Waals surface area contributed by atoms with E-state index in [0.29, 0.717) is 19.4 Å². The van der Waals surface area contributed by atoms with Crippen LogP contribution in [0.3, 0.4) is 0 Å². The summed E-state index contributed by atoms with van der Waals surface area (Å²) in [5.41, 5.74) is 4.66. The van der Waals surface area contributed by atoms with Crippen molar-refractivity contribution in [2.75, 3.05) is 6.61 Å². The molecule has 0 aromatic heterocycles. The number of carbonyl (C=O) groups excluding carboxylic acids is 1. The summed E-state index contributed by atoms with van der Waals surface area (Å²) < 4.78 is 5.62. The fourth-order valence-electron chi connectivity index (χ4n) is 2.47. The van der Waals surface area contributed by atoms with Gasteiger partial charge in [-0.2, -0.15) is 0 Å². The molecule has 2 aromatic carbocycles. The molecule has 0 aliphatic carbocycles. The lowest BCUT2D eigenvalue weighted by molar-refractivity contribution is -0.118. The Bertz CT molecular complexity index is 609. The third-order valence-corrected chi connectivity index (χ3v) is 3.32. The third kappa shape index (κ3) is 5.07. The highest BCUT2D eigenvalue weighted by molar-refractivity contribution is 5.81. The molecule has 21 heavy (non-hydrogen) atoms. The van der Waals surface area contributed by atoms with Crippen LogP contribution in [0.5, 0.6) is 5.75 Å². The van der Waals surface area contributed by atoms with Crippen molar-refractivity contribution < 1.29 is 9.53 Å². The molecular weight excluding hydrogens is 260 g/mol. The summed E-state index contributed by atoms with van der Waals surface area (Å²) in [5, 5.41) is 0. The molecule has 0 heterocycles. The molecule has 0 fully saturated rings. The van der Waals surface area contributed by atoms with Gasteiger partial charge in [-0.1, -0.05) is 41.5 Å². The Balaban J connectivity index is 1.82. The predicted molar refractivity (Wildman–Crippen MR) is 85.9 cm³/mol. The van der Waals surface area contributed by atoms with Crippen LogP contribution in [0.4, 0.5) is 0 Å². The summed E-state index contributed by atoms with van der Waals surface area (Å²) in [7, 11) is 0. The van der Waals surface area contributed by atoms with Gasteiger partial charge >= 0.3 is 0 Å². The van der Waals surface area contributed by atoms with Crippen LogP contribution < -0.4 is 4.74 Å². The molecule has 0 atom stereocenters. The summed E-state index contributed by atoms with van der Waals surface area (Å²) in [6, 6.07) is 14.2. The van der Waals surface area contributed by atoms with Gasteiger partial charge in [-0.15, -0.1) is 0 Å². The van der Waals surface area contributed by atoms with Crippen LogP contribution in [0, 0.1) is 20.8 Å². The van der Waals surface area contributed by atoms with Crippen molar-refractivity contribution in [2.45, 2.75) is 33.6 Å². The number of hydrogen-bond donors (Lipinski definition) is 0. The third-order valence-electron chi connectivity index (χ3n) is 3.32. The van der Waals surface area contributed by atoms with E-state index in [9.17, 15) is 4.79 Å². The average molecular weight is 282 g/mol. The van der Waals surface area contributed by atoms with Crippen LogP contribution in [0.25, 0.3) is 0 Å². The highest BCUT2D eigenvalue weighted by atomic mass is 16.5. The minimum absolute atomic E-state index is 0.215. The molecule has 0 amide bonds. The van der Waals surface area contributed by atoms with Crippen LogP contribution in [0.2, 0.25) is 0 Å². The highest BCUT2D eigenvalue weighted by Gasteiger charge is 2.05. The van der Waals surface area contributed by atoms with Crippen molar-refractivity contribution in [1.29, 1.82) is 0 Å². The van der Waals surface area contributed by atoms with Gasteiger partial charge in [0.05, 0.1) is 6.61 Å². The van der Waals surface area contributed by atoms with E-state index in [0.717, 1.165) is 16.9 Å². The van der Waals surface area contributed by atoms with Gasteiger partial charge in [-0.05, 0) is 44.0 Å². The summed E-state index contributed by atoms with van der Waals surface area (Å²) >= 11 is 0. The first-order valence-electron chi connectivity index (χ1n) is 7.31. The van der Waals surface area contributed by atoms with Gasteiger partial charge < -0.3 is 4.74 Å². The van der Waals surface area contributed by atoms with Crippen molar-refractivity contribution in [3.8, 4) is 5.75 Å². The van der Waals surface area contributed by atoms with Crippen LogP contribution in [0.1, 0.15) is 28.7 Å². The van der Waals surface area contributed by atoms with Gasteiger partial charge in [0.2, 0.25) is 0 Å². The van der Waals surface area contributed by atoms with Gasteiger partial charge in [0.25, 0.3) is 0 Å². The van der Waals surface area contributed by atoms with Gasteiger partial charge in [-0.25, -0.2) is 0 Å². The number of Topliss-reactive ketones (excluding diaryl/α,β-unsaturated/α-hetero) is 1. The lowest BCUT2D eigenvalue weighted by atomic mass is 10.0. The standard InChI is InChI=1S/C19H22O2/c1-14-5-4-6-19(12-14)21-8-7-18(20)13-17-10-15(2)9-16(3)11-17/h4-6,9-12H,7-8,13H2,1-3H3. The Labute approximate surface area is 126 Å². The maximum Gasteiger partial charge on any atom is 0.140 e. The molecule has 110 valence electrons. The van der Waals surface area contributed by atoms with Gasteiger partial charge in [0.15, 0.2) is 0 Å². The Morgan fingerprint density at radius 3 is 2.33 bits per heavy atom. The number of carbonyl (C=O) groups is 1. The maximum absolute atomic E-state index is 12.0. The van der Waals surface area contributed by atoms with E-state index in [1.54, 1.807) is 0 Å². The second kappa shape index (κ2) is 7.07. The highest BCUT2D eigenvalue weighted by Crippen LogP contribution is 2.13. The van der Waals surface area contributed by atoms with Crippen molar-refractivity contribution in [3.05, 3.63) is 64.7 Å². The minimum atomic E-state index is 0.215. The number of ether oxygens (including phenoxy) is 1. The Hall–Kier alpha value is -2.09. The van der Waals surface area contributed by atoms with Gasteiger partial charge in [0, 0.05) is 12.8 Å². The van der Waals surface area contributed by atoms with Crippen LogP contribution >= 0.6 is 0 Å². The van der Waals surface area contributed by atoms with Crippen molar-refractivity contribution >= 4 is 5.78 Å². The second-order valence-electron chi connectivity index (χ2n) is 5.63. The molecule has 0 saturated heterocycles. The zero-order chi connectivity index (χ0) is 15.2. The fraction of sp³-hybridized carbons (Fsp3) is 0.316. The monoisotopic (exact) mass is 282 g/mol. The number of ketones is 1. The molecule has 0 radical (unpaired) electrons. The van der Waals surface area contributed by atoms with Gasteiger partial charge in [-0.3, -0.25) is 4.79 Å². The molecule has 0 bridgehead atoms. The molecule has 0 saturated carbocycles.